The Bertz CT molecular complexity index is 717. The van der Waals surface area contributed by atoms with E-state index >= 15 is 0 Å². The molecule has 0 radical (unpaired) electrons. The van der Waals surface area contributed by atoms with Gasteiger partial charge in [-0.15, -0.1) is 0 Å². The molecular weight excluding hydrogens is 302 g/mol. The van der Waals surface area contributed by atoms with Gasteiger partial charge in [0.15, 0.2) is 0 Å². The molecule has 108 valence electrons. The van der Waals surface area contributed by atoms with E-state index in [0.29, 0.717) is 16.3 Å². The fourth-order valence-corrected chi connectivity index (χ4v) is 3.50. The minimum atomic E-state index is -3.82. The Kier molecular flexibility index (Phi) is 4.08. The third-order valence-electron chi connectivity index (χ3n) is 2.83. The standard InChI is InChI=1S/C13H14ClNO4S/c1-8-4-3-5-11(14)13(8)15-20(17,18)12-6-10(7-16)19-9(12)2/h3-6,15-16H,7H2,1-2H3. The number of anilines is 1. The highest BCUT2D eigenvalue weighted by Crippen LogP contribution is 2.29. The number of para-hydroxylation sites is 1. The molecule has 1 heterocycles. The molecule has 2 rings (SSSR count). The monoisotopic (exact) mass is 315 g/mol. The molecule has 0 spiro atoms. The van der Waals surface area contributed by atoms with Crippen LogP contribution in [-0.2, 0) is 16.6 Å². The van der Waals surface area contributed by atoms with Gasteiger partial charge in [-0.25, -0.2) is 8.42 Å². The summed E-state index contributed by atoms with van der Waals surface area (Å²) in [5, 5.41) is 9.31. The highest BCUT2D eigenvalue weighted by molar-refractivity contribution is 7.92. The number of aryl methyl sites for hydroxylation is 2. The van der Waals surface area contributed by atoms with E-state index in [4.69, 9.17) is 21.1 Å². The number of hydrogen-bond donors (Lipinski definition) is 2. The largest absolute Gasteiger partial charge is 0.462 e. The molecule has 0 unspecified atom stereocenters. The molecule has 0 bridgehead atoms. The summed E-state index contributed by atoms with van der Waals surface area (Å²) in [5.74, 6) is 0.407. The predicted molar refractivity (Wildman–Crippen MR) is 76.4 cm³/mol. The number of furan rings is 1. The topological polar surface area (TPSA) is 79.5 Å². The van der Waals surface area contributed by atoms with Crippen molar-refractivity contribution in [1.82, 2.24) is 0 Å². The summed E-state index contributed by atoms with van der Waals surface area (Å²) in [6.45, 7) is 2.92. The maximum atomic E-state index is 12.3. The molecule has 1 aromatic carbocycles. The lowest BCUT2D eigenvalue weighted by Gasteiger charge is -2.11. The van der Waals surface area contributed by atoms with Crippen molar-refractivity contribution < 1.29 is 17.9 Å². The minimum Gasteiger partial charge on any atom is -0.462 e. The van der Waals surface area contributed by atoms with E-state index in [1.807, 2.05) is 0 Å². The van der Waals surface area contributed by atoms with Crippen molar-refractivity contribution in [2.45, 2.75) is 25.3 Å². The molecule has 20 heavy (non-hydrogen) atoms. The molecule has 5 nitrogen and oxygen atoms in total. The number of halogens is 1. The van der Waals surface area contributed by atoms with E-state index in [1.165, 1.54) is 13.0 Å². The van der Waals surface area contributed by atoms with Crippen molar-refractivity contribution >= 4 is 27.3 Å². The van der Waals surface area contributed by atoms with Gasteiger partial charge in [-0.05, 0) is 25.5 Å². The second kappa shape index (κ2) is 5.47. The second-order valence-electron chi connectivity index (χ2n) is 4.33. The van der Waals surface area contributed by atoms with Crippen molar-refractivity contribution in [3.05, 3.63) is 46.4 Å². The Hall–Kier alpha value is -1.50. The number of hydrogen-bond acceptors (Lipinski definition) is 4. The smallest absolute Gasteiger partial charge is 0.265 e. The van der Waals surface area contributed by atoms with E-state index in [9.17, 15) is 8.42 Å². The van der Waals surface area contributed by atoms with Crippen molar-refractivity contribution in [3.63, 3.8) is 0 Å². The van der Waals surface area contributed by atoms with Crippen LogP contribution in [0.4, 0.5) is 5.69 Å². The van der Waals surface area contributed by atoms with E-state index in [0.717, 1.165) is 0 Å². The molecule has 2 aromatic rings. The van der Waals surface area contributed by atoms with Gasteiger partial charge in [0.25, 0.3) is 10.0 Å². The minimum absolute atomic E-state index is 0.0131. The number of benzene rings is 1. The van der Waals surface area contributed by atoms with Gasteiger partial charge in [-0.2, -0.15) is 0 Å². The average Bonchev–Trinajstić information content (AvgIpc) is 2.76. The maximum absolute atomic E-state index is 12.3. The zero-order chi connectivity index (χ0) is 14.9. The molecule has 2 N–H and O–H groups in total. The lowest BCUT2D eigenvalue weighted by atomic mass is 10.2. The molecule has 1 aromatic heterocycles. The summed E-state index contributed by atoms with van der Waals surface area (Å²) in [5.41, 5.74) is 1.05. The van der Waals surface area contributed by atoms with Gasteiger partial charge in [-0.3, -0.25) is 4.72 Å². The van der Waals surface area contributed by atoms with E-state index < -0.39 is 10.0 Å². The molecule has 0 atom stereocenters. The van der Waals surface area contributed by atoms with Crippen LogP contribution >= 0.6 is 11.6 Å². The van der Waals surface area contributed by atoms with E-state index in [-0.39, 0.29) is 23.0 Å². The fourth-order valence-electron chi connectivity index (χ4n) is 1.82. The summed E-state index contributed by atoms with van der Waals surface area (Å²) in [6.07, 6.45) is 0. The third kappa shape index (κ3) is 2.82. The Morgan fingerprint density at radius 3 is 2.60 bits per heavy atom. The van der Waals surface area contributed by atoms with Crippen LogP contribution in [0.5, 0.6) is 0 Å². The van der Waals surface area contributed by atoms with Crippen LogP contribution in [0, 0.1) is 13.8 Å². The van der Waals surface area contributed by atoms with Crippen LogP contribution in [0.1, 0.15) is 17.1 Å². The molecule has 0 aliphatic carbocycles. The highest BCUT2D eigenvalue weighted by atomic mass is 35.5. The van der Waals surface area contributed by atoms with Gasteiger partial charge >= 0.3 is 0 Å². The van der Waals surface area contributed by atoms with Crippen LogP contribution in [0.15, 0.2) is 33.6 Å². The Labute approximate surface area is 122 Å². The predicted octanol–water partition coefficient (Wildman–Crippen LogP) is 2.84. The van der Waals surface area contributed by atoms with Crippen LogP contribution in [0.25, 0.3) is 0 Å². The number of aliphatic hydroxyl groups excluding tert-OH is 1. The highest BCUT2D eigenvalue weighted by Gasteiger charge is 2.22. The second-order valence-corrected chi connectivity index (χ2v) is 6.39. The SMILES string of the molecule is Cc1cccc(Cl)c1NS(=O)(=O)c1cc(CO)oc1C. The number of nitrogens with one attached hydrogen (secondary N) is 1. The molecule has 0 fully saturated rings. The zero-order valence-corrected chi connectivity index (χ0v) is 12.5. The van der Waals surface area contributed by atoms with E-state index in [1.54, 1.807) is 25.1 Å². The van der Waals surface area contributed by atoms with Crippen LogP contribution in [-0.4, -0.2) is 13.5 Å². The first kappa shape index (κ1) is 14.9. The van der Waals surface area contributed by atoms with Gasteiger partial charge in [0.1, 0.15) is 23.0 Å². The first-order valence-corrected chi connectivity index (χ1v) is 7.69. The summed E-state index contributed by atoms with van der Waals surface area (Å²) >= 11 is 6.00. The average molecular weight is 316 g/mol. The van der Waals surface area contributed by atoms with Gasteiger partial charge in [-0.1, -0.05) is 23.7 Å². The van der Waals surface area contributed by atoms with Crippen LogP contribution in [0.3, 0.4) is 0 Å². The molecular formula is C13H14ClNO4S. The van der Waals surface area contributed by atoms with Crippen molar-refractivity contribution in [3.8, 4) is 0 Å². The molecule has 0 saturated heterocycles. The number of sulfonamides is 1. The Morgan fingerprint density at radius 2 is 2.05 bits per heavy atom. The first-order valence-electron chi connectivity index (χ1n) is 5.83. The Morgan fingerprint density at radius 1 is 1.35 bits per heavy atom. The number of rotatable bonds is 4. The van der Waals surface area contributed by atoms with Gasteiger partial charge in [0.05, 0.1) is 10.7 Å². The molecule has 0 aliphatic rings. The number of aliphatic hydroxyl groups is 1. The molecule has 0 aliphatic heterocycles. The molecule has 0 amide bonds. The van der Waals surface area contributed by atoms with Crippen molar-refractivity contribution in [1.29, 1.82) is 0 Å². The maximum Gasteiger partial charge on any atom is 0.265 e. The van der Waals surface area contributed by atoms with Crippen LogP contribution in [0.2, 0.25) is 5.02 Å². The summed E-state index contributed by atoms with van der Waals surface area (Å²) < 4.78 is 32.3. The summed E-state index contributed by atoms with van der Waals surface area (Å²) in [7, 11) is -3.82. The quantitative estimate of drug-likeness (QED) is 0.909. The Balaban J connectivity index is 2.43. The zero-order valence-electron chi connectivity index (χ0n) is 11.0. The lowest BCUT2D eigenvalue weighted by Crippen LogP contribution is -2.14. The third-order valence-corrected chi connectivity index (χ3v) is 4.60. The first-order chi connectivity index (χ1) is 9.35. The summed E-state index contributed by atoms with van der Waals surface area (Å²) in [6, 6.07) is 6.39. The van der Waals surface area contributed by atoms with Gasteiger partial charge < -0.3 is 9.52 Å². The normalized spacial score (nSPS) is 11.6. The molecule has 0 saturated carbocycles. The van der Waals surface area contributed by atoms with Crippen molar-refractivity contribution in [2.24, 2.45) is 0 Å². The van der Waals surface area contributed by atoms with Gasteiger partial charge in [0.2, 0.25) is 0 Å². The lowest BCUT2D eigenvalue weighted by molar-refractivity contribution is 0.245. The van der Waals surface area contributed by atoms with Gasteiger partial charge in [0, 0.05) is 6.07 Å². The molecule has 7 heteroatoms. The van der Waals surface area contributed by atoms with E-state index in [2.05, 4.69) is 4.72 Å². The fraction of sp³-hybridized carbons (Fsp3) is 0.231. The van der Waals surface area contributed by atoms with Crippen LogP contribution < -0.4 is 4.72 Å². The summed E-state index contributed by atoms with van der Waals surface area (Å²) in [4.78, 5) is -0.0131. The van der Waals surface area contributed by atoms with Crippen molar-refractivity contribution in [2.75, 3.05) is 4.72 Å².